The van der Waals surface area contributed by atoms with Crippen molar-refractivity contribution in [2.24, 2.45) is 0 Å². The Bertz CT molecular complexity index is 867. The van der Waals surface area contributed by atoms with Crippen LogP contribution in [0, 0.1) is 17.0 Å². The summed E-state index contributed by atoms with van der Waals surface area (Å²) in [6, 6.07) is 8.19. The molecule has 0 radical (unpaired) electrons. The maximum atomic E-state index is 12.4. The maximum absolute atomic E-state index is 12.4. The zero-order valence-electron chi connectivity index (χ0n) is 12.2. The lowest BCUT2D eigenvalue weighted by molar-refractivity contribution is -0.386. The van der Waals surface area contributed by atoms with E-state index >= 15 is 0 Å². The molecule has 0 aliphatic rings. The first-order chi connectivity index (χ1) is 10.8. The Kier molecular flexibility index (Phi) is 4.76. The maximum Gasteiger partial charge on any atom is 0.312 e. The number of anilines is 1. The standard InChI is InChI=1S/C14H13ClN2O5S/c1-9-11(15)4-3-5-12(9)16-23(20,21)10-6-7-14(22-2)13(8-10)17(18)19/h3-8,16H,1-2H3. The molecule has 0 aromatic heterocycles. The van der Waals surface area contributed by atoms with Crippen molar-refractivity contribution < 1.29 is 18.1 Å². The minimum absolute atomic E-state index is 0.0205. The molecule has 0 unspecified atom stereocenters. The van der Waals surface area contributed by atoms with Gasteiger partial charge in [0.1, 0.15) is 0 Å². The summed E-state index contributed by atoms with van der Waals surface area (Å²) in [5.74, 6) is -0.0205. The topological polar surface area (TPSA) is 98.5 Å². The van der Waals surface area contributed by atoms with Crippen molar-refractivity contribution in [2.45, 2.75) is 11.8 Å². The van der Waals surface area contributed by atoms with Crippen molar-refractivity contribution >= 4 is 33.0 Å². The number of nitro groups is 1. The Hall–Kier alpha value is -2.32. The fourth-order valence-corrected chi connectivity index (χ4v) is 3.22. The van der Waals surface area contributed by atoms with Crippen molar-refractivity contribution in [3.8, 4) is 5.75 Å². The van der Waals surface area contributed by atoms with Crippen LogP contribution in [0.2, 0.25) is 5.02 Å². The molecular formula is C14H13ClN2O5S. The molecule has 0 saturated heterocycles. The number of benzene rings is 2. The first-order valence-corrected chi connectivity index (χ1v) is 8.22. The number of nitrogens with zero attached hydrogens (tertiary/aromatic N) is 1. The first-order valence-electron chi connectivity index (χ1n) is 6.36. The molecule has 2 aromatic rings. The number of ether oxygens (including phenoxy) is 1. The van der Waals surface area contributed by atoms with Gasteiger partial charge in [-0.2, -0.15) is 0 Å². The van der Waals surface area contributed by atoms with Crippen LogP contribution in [0.25, 0.3) is 0 Å². The highest BCUT2D eigenvalue weighted by atomic mass is 35.5. The minimum atomic E-state index is -4.00. The Balaban J connectivity index is 2.46. The van der Waals surface area contributed by atoms with Crippen LogP contribution in [0.5, 0.6) is 5.75 Å². The molecule has 9 heteroatoms. The van der Waals surface area contributed by atoms with Gasteiger partial charge in [-0.05, 0) is 36.8 Å². The molecule has 0 saturated carbocycles. The zero-order valence-corrected chi connectivity index (χ0v) is 13.8. The number of nitrogens with one attached hydrogen (secondary N) is 1. The Morgan fingerprint density at radius 3 is 2.57 bits per heavy atom. The zero-order chi connectivity index (χ0) is 17.2. The van der Waals surface area contributed by atoms with Crippen LogP contribution in [0.3, 0.4) is 0 Å². The molecule has 1 N–H and O–H groups in total. The van der Waals surface area contributed by atoms with E-state index < -0.39 is 20.6 Å². The van der Waals surface area contributed by atoms with Gasteiger partial charge in [-0.15, -0.1) is 0 Å². The number of halogens is 1. The number of nitro benzene ring substituents is 1. The first kappa shape index (κ1) is 17.0. The Morgan fingerprint density at radius 1 is 1.26 bits per heavy atom. The summed E-state index contributed by atoms with van der Waals surface area (Å²) in [7, 11) is -2.73. The lowest BCUT2D eigenvalue weighted by Crippen LogP contribution is -2.14. The second-order valence-electron chi connectivity index (χ2n) is 4.61. The number of sulfonamides is 1. The smallest absolute Gasteiger partial charge is 0.312 e. The molecule has 0 atom stereocenters. The van der Waals surface area contributed by atoms with E-state index in [1.165, 1.54) is 19.2 Å². The molecule has 2 rings (SSSR count). The van der Waals surface area contributed by atoms with E-state index in [0.717, 1.165) is 6.07 Å². The Morgan fingerprint density at radius 2 is 1.96 bits per heavy atom. The molecule has 122 valence electrons. The second kappa shape index (κ2) is 6.43. The fraction of sp³-hybridized carbons (Fsp3) is 0.143. The molecule has 0 fully saturated rings. The van der Waals surface area contributed by atoms with Crippen molar-refractivity contribution in [1.29, 1.82) is 0 Å². The van der Waals surface area contributed by atoms with Gasteiger partial charge in [-0.25, -0.2) is 8.42 Å². The minimum Gasteiger partial charge on any atom is -0.490 e. The highest BCUT2D eigenvalue weighted by Gasteiger charge is 2.22. The van der Waals surface area contributed by atoms with E-state index in [9.17, 15) is 18.5 Å². The molecule has 0 heterocycles. The molecule has 0 amide bonds. The van der Waals surface area contributed by atoms with Crippen molar-refractivity contribution in [3.05, 3.63) is 57.1 Å². The third-order valence-corrected chi connectivity index (χ3v) is 4.94. The van der Waals surface area contributed by atoms with Crippen LogP contribution in [-0.2, 0) is 10.0 Å². The SMILES string of the molecule is COc1ccc(S(=O)(=O)Nc2cccc(Cl)c2C)cc1[N+](=O)[O-]. The number of hydrogen-bond donors (Lipinski definition) is 1. The summed E-state index contributed by atoms with van der Waals surface area (Å²) in [4.78, 5) is 10.1. The third-order valence-electron chi connectivity index (χ3n) is 3.17. The van der Waals surface area contributed by atoms with Crippen LogP contribution >= 0.6 is 11.6 Å². The second-order valence-corrected chi connectivity index (χ2v) is 6.70. The van der Waals surface area contributed by atoms with Crippen molar-refractivity contribution in [1.82, 2.24) is 0 Å². The van der Waals surface area contributed by atoms with Gasteiger partial charge >= 0.3 is 5.69 Å². The Labute approximate surface area is 138 Å². The highest BCUT2D eigenvalue weighted by molar-refractivity contribution is 7.92. The molecule has 23 heavy (non-hydrogen) atoms. The normalized spacial score (nSPS) is 11.1. The third kappa shape index (κ3) is 3.54. The summed E-state index contributed by atoms with van der Waals surface area (Å²) in [5.41, 5.74) is 0.426. The predicted octanol–water partition coefficient (Wildman–Crippen LogP) is 3.37. The van der Waals surface area contributed by atoms with E-state index in [-0.39, 0.29) is 10.6 Å². The number of rotatable bonds is 5. The van der Waals surface area contributed by atoms with Crippen LogP contribution in [0.15, 0.2) is 41.3 Å². The fourth-order valence-electron chi connectivity index (χ4n) is 1.90. The molecule has 0 aliphatic heterocycles. The van der Waals surface area contributed by atoms with Crippen molar-refractivity contribution in [3.63, 3.8) is 0 Å². The van der Waals surface area contributed by atoms with Crippen molar-refractivity contribution in [2.75, 3.05) is 11.8 Å². The lowest BCUT2D eigenvalue weighted by atomic mass is 10.2. The summed E-state index contributed by atoms with van der Waals surface area (Å²) >= 11 is 5.95. The monoisotopic (exact) mass is 356 g/mol. The van der Waals surface area contributed by atoms with E-state index in [1.807, 2.05) is 0 Å². The summed E-state index contributed by atoms with van der Waals surface area (Å²) in [5, 5.41) is 11.4. The van der Waals surface area contributed by atoms with Gasteiger partial charge < -0.3 is 4.74 Å². The summed E-state index contributed by atoms with van der Waals surface area (Å²) in [6.07, 6.45) is 0. The number of hydrogen-bond acceptors (Lipinski definition) is 5. The lowest BCUT2D eigenvalue weighted by Gasteiger charge is -2.12. The van der Waals surface area contributed by atoms with Gasteiger partial charge in [0.15, 0.2) is 5.75 Å². The average Bonchev–Trinajstić information content (AvgIpc) is 2.51. The van der Waals surface area contributed by atoms with Gasteiger partial charge in [0.2, 0.25) is 0 Å². The van der Waals surface area contributed by atoms with E-state index in [2.05, 4.69) is 4.72 Å². The quantitative estimate of drug-likeness (QED) is 0.654. The number of methoxy groups -OCH3 is 1. The van der Waals surface area contributed by atoms with Gasteiger partial charge in [-0.1, -0.05) is 17.7 Å². The van der Waals surface area contributed by atoms with Gasteiger partial charge in [0.05, 0.1) is 22.6 Å². The van der Waals surface area contributed by atoms with Crippen LogP contribution in [0.1, 0.15) is 5.56 Å². The van der Waals surface area contributed by atoms with E-state index in [0.29, 0.717) is 16.3 Å². The summed E-state index contributed by atoms with van der Waals surface area (Å²) < 4.78 is 32.1. The van der Waals surface area contributed by atoms with Gasteiger partial charge in [0.25, 0.3) is 10.0 Å². The molecule has 2 aromatic carbocycles. The highest BCUT2D eigenvalue weighted by Crippen LogP contribution is 2.31. The van der Waals surface area contributed by atoms with E-state index in [1.54, 1.807) is 25.1 Å². The van der Waals surface area contributed by atoms with Crippen LogP contribution in [0.4, 0.5) is 11.4 Å². The molecular weight excluding hydrogens is 344 g/mol. The molecule has 0 aliphatic carbocycles. The molecule has 0 bridgehead atoms. The molecule has 7 nitrogen and oxygen atoms in total. The van der Waals surface area contributed by atoms with Gasteiger partial charge in [0, 0.05) is 11.1 Å². The largest absolute Gasteiger partial charge is 0.490 e. The van der Waals surface area contributed by atoms with Crippen LogP contribution in [-0.4, -0.2) is 20.5 Å². The van der Waals surface area contributed by atoms with E-state index in [4.69, 9.17) is 16.3 Å². The predicted molar refractivity (Wildman–Crippen MR) is 86.6 cm³/mol. The van der Waals surface area contributed by atoms with Gasteiger partial charge in [-0.3, -0.25) is 14.8 Å². The molecule has 0 spiro atoms. The average molecular weight is 357 g/mol. The summed E-state index contributed by atoms with van der Waals surface area (Å²) in [6.45, 7) is 1.66. The van der Waals surface area contributed by atoms with Crippen LogP contribution < -0.4 is 9.46 Å².